The van der Waals surface area contributed by atoms with Crippen LogP contribution in [0.3, 0.4) is 0 Å². The van der Waals surface area contributed by atoms with Crippen LogP contribution in [0.25, 0.3) is 0 Å². The van der Waals surface area contributed by atoms with Crippen molar-refractivity contribution in [2.45, 2.75) is 0 Å². The summed E-state index contributed by atoms with van der Waals surface area (Å²) in [6, 6.07) is 15.8. The molecule has 0 radical (unpaired) electrons. The molecule has 1 amide bonds. The molecule has 0 fully saturated rings. The molecule has 5 nitrogen and oxygen atoms in total. The van der Waals surface area contributed by atoms with Crippen LogP contribution in [0.2, 0.25) is 0 Å². The SMILES string of the molecule is CNC(=O)c1ccc(OCCOc2ccc(C#N)cc2)cc1. The highest BCUT2D eigenvalue weighted by molar-refractivity contribution is 5.94. The molecule has 0 aliphatic heterocycles. The fourth-order valence-electron chi connectivity index (χ4n) is 1.79. The maximum absolute atomic E-state index is 11.4. The van der Waals surface area contributed by atoms with Gasteiger partial charge in [0.05, 0.1) is 11.6 Å². The molecule has 2 aromatic carbocycles. The Morgan fingerprint density at radius 1 is 1.00 bits per heavy atom. The summed E-state index contributed by atoms with van der Waals surface area (Å²) < 4.78 is 11.0. The summed E-state index contributed by atoms with van der Waals surface area (Å²) in [5, 5.41) is 11.3. The Labute approximate surface area is 129 Å². The first-order chi connectivity index (χ1) is 10.7. The molecule has 112 valence electrons. The lowest BCUT2D eigenvalue weighted by Crippen LogP contribution is -2.17. The molecular formula is C17H16N2O3. The number of carbonyl (C=O) groups is 1. The van der Waals surface area contributed by atoms with Crippen LogP contribution in [-0.2, 0) is 0 Å². The van der Waals surface area contributed by atoms with Gasteiger partial charge < -0.3 is 14.8 Å². The van der Waals surface area contributed by atoms with Crippen LogP contribution in [0, 0.1) is 11.3 Å². The first-order valence-electron chi connectivity index (χ1n) is 6.81. The van der Waals surface area contributed by atoms with Gasteiger partial charge in [0.1, 0.15) is 24.7 Å². The van der Waals surface area contributed by atoms with Crippen LogP contribution in [0.1, 0.15) is 15.9 Å². The molecule has 0 unspecified atom stereocenters. The molecule has 0 aliphatic rings. The predicted molar refractivity (Wildman–Crippen MR) is 82.0 cm³/mol. The van der Waals surface area contributed by atoms with Crippen molar-refractivity contribution in [1.82, 2.24) is 5.32 Å². The summed E-state index contributed by atoms with van der Waals surface area (Å²) in [6.07, 6.45) is 0. The molecule has 22 heavy (non-hydrogen) atoms. The first kappa shape index (κ1) is 15.4. The minimum absolute atomic E-state index is 0.129. The smallest absolute Gasteiger partial charge is 0.251 e. The van der Waals surface area contributed by atoms with E-state index < -0.39 is 0 Å². The molecule has 0 spiro atoms. The van der Waals surface area contributed by atoms with Crippen molar-refractivity contribution in [1.29, 1.82) is 5.26 Å². The van der Waals surface area contributed by atoms with Crippen LogP contribution in [-0.4, -0.2) is 26.2 Å². The van der Waals surface area contributed by atoms with E-state index in [-0.39, 0.29) is 5.91 Å². The Bertz CT molecular complexity index is 658. The number of nitrogens with zero attached hydrogens (tertiary/aromatic N) is 1. The van der Waals surface area contributed by atoms with E-state index in [1.807, 2.05) is 0 Å². The van der Waals surface area contributed by atoms with E-state index in [4.69, 9.17) is 14.7 Å². The molecule has 0 saturated carbocycles. The van der Waals surface area contributed by atoms with E-state index in [1.54, 1.807) is 55.6 Å². The van der Waals surface area contributed by atoms with Gasteiger partial charge in [0.15, 0.2) is 0 Å². The van der Waals surface area contributed by atoms with Gasteiger partial charge in [-0.25, -0.2) is 0 Å². The minimum Gasteiger partial charge on any atom is -0.490 e. The topological polar surface area (TPSA) is 71.3 Å². The van der Waals surface area contributed by atoms with Gasteiger partial charge in [0, 0.05) is 12.6 Å². The first-order valence-corrected chi connectivity index (χ1v) is 6.81. The lowest BCUT2D eigenvalue weighted by Gasteiger charge is -2.09. The third kappa shape index (κ3) is 4.25. The van der Waals surface area contributed by atoms with E-state index in [1.165, 1.54) is 0 Å². The zero-order valence-electron chi connectivity index (χ0n) is 12.2. The molecule has 0 aliphatic carbocycles. The molecule has 2 rings (SSSR count). The van der Waals surface area contributed by atoms with Crippen molar-refractivity contribution in [3.05, 3.63) is 59.7 Å². The number of hydrogen-bond acceptors (Lipinski definition) is 4. The number of amides is 1. The number of nitriles is 1. The van der Waals surface area contributed by atoms with Crippen molar-refractivity contribution < 1.29 is 14.3 Å². The second-order valence-electron chi connectivity index (χ2n) is 4.44. The average Bonchev–Trinajstić information content (AvgIpc) is 2.59. The molecule has 0 atom stereocenters. The summed E-state index contributed by atoms with van der Waals surface area (Å²) in [7, 11) is 1.59. The minimum atomic E-state index is -0.129. The summed E-state index contributed by atoms with van der Waals surface area (Å²) in [5.74, 6) is 1.24. The second-order valence-corrected chi connectivity index (χ2v) is 4.44. The normalized spacial score (nSPS) is 9.64. The highest BCUT2D eigenvalue weighted by Gasteiger charge is 2.02. The van der Waals surface area contributed by atoms with Crippen molar-refractivity contribution in [2.24, 2.45) is 0 Å². The molecule has 5 heteroatoms. The summed E-state index contributed by atoms with van der Waals surface area (Å²) in [4.78, 5) is 11.4. The van der Waals surface area contributed by atoms with Crippen LogP contribution >= 0.6 is 0 Å². The predicted octanol–water partition coefficient (Wildman–Crippen LogP) is 2.38. The lowest BCUT2D eigenvalue weighted by atomic mass is 10.2. The Balaban J connectivity index is 1.76. The van der Waals surface area contributed by atoms with Gasteiger partial charge >= 0.3 is 0 Å². The monoisotopic (exact) mass is 296 g/mol. The van der Waals surface area contributed by atoms with Gasteiger partial charge in [0.25, 0.3) is 5.91 Å². The van der Waals surface area contributed by atoms with Gasteiger partial charge in [-0.2, -0.15) is 5.26 Å². The number of ether oxygens (including phenoxy) is 2. The number of rotatable bonds is 6. The van der Waals surface area contributed by atoms with Crippen LogP contribution < -0.4 is 14.8 Å². The third-order valence-electron chi connectivity index (χ3n) is 2.95. The van der Waals surface area contributed by atoms with Gasteiger partial charge in [-0.15, -0.1) is 0 Å². The Kier molecular flexibility index (Phi) is 5.38. The quantitative estimate of drug-likeness (QED) is 0.831. The molecule has 0 aromatic heterocycles. The maximum Gasteiger partial charge on any atom is 0.251 e. The molecule has 0 bridgehead atoms. The summed E-state index contributed by atoms with van der Waals surface area (Å²) in [5.41, 5.74) is 1.18. The maximum atomic E-state index is 11.4. The van der Waals surface area contributed by atoms with Gasteiger partial charge in [-0.05, 0) is 48.5 Å². The van der Waals surface area contributed by atoms with E-state index in [0.717, 1.165) is 0 Å². The molecular weight excluding hydrogens is 280 g/mol. The number of benzene rings is 2. The molecule has 0 heterocycles. The van der Waals surface area contributed by atoms with Crippen molar-refractivity contribution >= 4 is 5.91 Å². The van der Waals surface area contributed by atoms with Gasteiger partial charge in [-0.3, -0.25) is 4.79 Å². The van der Waals surface area contributed by atoms with Crippen molar-refractivity contribution in [2.75, 3.05) is 20.3 Å². The van der Waals surface area contributed by atoms with Crippen molar-refractivity contribution in [3.8, 4) is 17.6 Å². The van der Waals surface area contributed by atoms with Crippen LogP contribution in [0.15, 0.2) is 48.5 Å². The van der Waals surface area contributed by atoms with Crippen LogP contribution in [0.5, 0.6) is 11.5 Å². The highest BCUT2D eigenvalue weighted by Crippen LogP contribution is 2.13. The number of hydrogen-bond donors (Lipinski definition) is 1. The lowest BCUT2D eigenvalue weighted by molar-refractivity contribution is 0.0963. The highest BCUT2D eigenvalue weighted by atomic mass is 16.5. The average molecular weight is 296 g/mol. The standard InChI is InChI=1S/C17H16N2O3/c1-19-17(20)14-4-8-16(9-5-14)22-11-10-21-15-6-2-13(12-18)3-7-15/h2-9H,10-11H2,1H3,(H,19,20). The third-order valence-corrected chi connectivity index (χ3v) is 2.95. The van der Waals surface area contributed by atoms with Gasteiger partial charge in [-0.1, -0.05) is 0 Å². The fourth-order valence-corrected chi connectivity index (χ4v) is 1.79. The van der Waals surface area contributed by atoms with Crippen LogP contribution in [0.4, 0.5) is 0 Å². The second kappa shape index (κ2) is 7.70. The molecule has 0 saturated heterocycles. The fraction of sp³-hybridized carbons (Fsp3) is 0.176. The van der Waals surface area contributed by atoms with E-state index in [2.05, 4.69) is 11.4 Å². The zero-order chi connectivity index (χ0) is 15.8. The summed E-state index contributed by atoms with van der Waals surface area (Å²) >= 11 is 0. The molecule has 1 N–H and O–H groups in total. The number of carbonyl (C=O) groups excluding carboxylic acids is 1. The zero-order valence-corrected chi connectivity index (χ0v) is 12.2. The summed E-state index contributed by atoms with van der Waals surface area (Å²) in [6.45, 7) is 0.780. The van der Waals surface area contributed by atoms with Crippen molar-refractivity contribution in [3.63, 3.8) is 0 Å². The van der Waals surface area contributed by atoms with E-state index >= 15 is 0 Å². The van der Waals surface area contributed by atoms with Gasteiger partial charge in [0.2, 0.25) is 0 Å². The van der Waals surface area contributed by atoms with E-state index in [9.17, 15) is 4.79 Å². The largest absolute Gasteiger partial charge is 0.490 e. The Morgan fingerprint density at radius 3 is 1.95 bits per heavy atom. The Hall–Kier alpha value is -3.00. The van der Waals surface area contributed by atoms with E-state index in [0.29, 0.717) is 35.8 Å². The number of nitrogens with one attached hydrogen (secondary N) is 1. The molecule has 2 aromatic rings. The Morgan fingerprint density at radius 2 is 1.50 bits per heavy atom.